The van der Waals surface area contributed by atoms with Gasteiger partial charge in [-0.1, -0.05) is 158 Å². The number of hydrogen-bond donors (Lipinski definition) is 0. The third-order valence-corrected chi connectivity index (χ3v) is 15.0. The number of hydrogen-bond acceptors (Lipinski definition) is 3. The highest BCUT2D eigenvalue weighted by atomic mass is 28.3. The van der Waals surface area contributed by atoms with Gasteiger partial charge < -0.3 is 4.57 Å². The van der Waals surface area contributed by atoms with Gasteiger partial charge in [-0.2, -0.15) is 0 Å². The fourth-order valence-electron chi connectivity index (χ4n) is 7.99. The van der Waals surface area contributed by atoms with Crippen LogP contribution < -0.4 is 20.7 Å². The predicted molar refractivity (Wildman–Crippen MR) is 208 cm³/mol. The summed E-state index contributed by atoms with van der Waals surface area (Å²) in [5.41, 5.74) is 6.58. The van der Waals surface area contributed by atoms with Crippen LogP contribution in [0.2, 0.25) is 0 Å². The third-order valence-electron chi connectivity index (χ3n) is 10.1. The predicted octanol–water partition coefficient (Wildman–Crippen LogP) is 7.66. The molecule has 4 nitrogen and oxygen atoms in total. The summed E-state index contributed by atoms with van der Waals surface area (Å²) in [6, 6.07) is 65.3. The van der Waals surface area contributed by atoms with Crippen LogP contribution in [0.1, 0.15) is 0 Å². The van der Waals surface area contributed by atoms with E-state index < -0.39 is 8.07 Å². The van der Waals surface area contributed by atoms with Gasteiger partial charge >= 0.3 is 0 Å². The van der Waals surface area contributed by atoms with Gasteiger partial charge in [0.1, 0.15) is 0 Å². The van der Waals surface area contributed by atoms with Crippen molar-refractivity contribution in [2.75, 3.05) is 0 Å². The van der Waals surface area contributed by atoms with Crippen LogP contribution in [0.5, 0.6) is 0 Å². The summed E-state index contributed by atoms with van der Waals surface area (Å²) >= 11 is 0. The second kappa shape index (κ2) is 11.3. The fraction of sp³-hybridized carbons (Fsp3) is 0. The molecule has 9 aromatic rings. The lowest BCUT2D eigenvalue weighted by Gasteiger charge is -2.39. The first-order valence-corrected chi connectivity index (χ1v) is 19.0. The van der Waals surface area contributed by atoms with Crippen LogP contribution in [0.3, 0.4) is 0 Å². The molecular weight excluding hydrogens is 625 g/mol. The van der Waals surface area contributed by atoms with Gasteiger partial charge in [0.15, 0.2) is 25.5 Å². The minimum Gasteiger partial charge on any atom is -0.309 e. The van der Waals surface area contributed by atoms with E-state index >= 15 is 0 Å². The molecule has 50 heavy (non-hydrogen) atoms. The van der Waals surface area contributed by atoms with Gasteiger partial charge in [-0.05, 0) is 45.0 Å². The van der Waals surface area contributed by atoms with Gasteiger partial charge in [-0.15, -0.1) is 0 Å². The average Bonchev–Trinajstić information content (AvgIpc) is 3.54. The largest absolute Gasteiger partial charge is 0.309 e. The van der Waals surface area contributed by atoms with Gasteiger partial charge in [0.05, 0.1) is 11.0 Å². The van der Waals surface area contributed by atoms with Crippen molar-refractivity contribution in [2.45, 2.75) is 0 Å². The molecule has 0 saturated heterocycles. The highest BCUT2D eigenvalue weighted by Gasteiger charge is 2.47. The van der Waals surface area contributed by atoms with Gasteiger partial charge in [0, 0.05) is 33.2 Å². The van der Waals surface area contributed by atoms with Crippen molar-refractivity contribution in [3.8, 4) is 39.9 Å². The lowest BCUT2D eigenvalue weighted by atomic mass is 10.1. The molecule has 1 aliphatic rings. The second-order valence-electron chi connectivity index (χ2n) is 12.8. The van der Waals surface area contributed by atoms with E-state index in [1.165, 1.54) is 48.2 Å². The summed E-state index contributed by atoms with van der Waals surface area (Å²) in [5.74, 6) is 1.98. The number of aromatic nitrogens is 4. The van der Waals surface area contributed by atoms with E-state index in [1.54, 1.807) is 0 Å². The molecule has 0 amide bonds. The highest BCUT2D eigenvalue weighted by molar-refractivity contribution is 7.21. The van der Waals surface area contributed by atoms with E-state index in [0.717, 1.165) is 16.7 Å². The summed E-state index contributed by atoms with van der Waals surface area (Å²) in [4.78, 5) is 15.0. The quantitative estimate of drug-likeness (QED) is 0.179. The van der Waals surface area contributed by atoms with Gasteiger partial charge in [0.2, 0.25) is 0 Å². The minimum atomic E-state index is -2.69. The first-order valence-electron chi connectivity index (χ1n) is 17.0. The molecule has 0 saturated carbocycles. The zero-order valence-electron chi connectivity index (χ0n) is 27.1. The van der Waals surface area contributed by atoms with Crippen molar-refractivity contribution in [2.24, 2.45) is 0 Å². The smallest absolute Gasteiger partial charge is 0.184 e. The van der Waals surface area contributed by atoms with Crippen molar-refractivity contribution < 1.29 is 0 Å². The molecule has 0 fully saturated rings. The maximum atomic E-state index is 5.06. The Morgan fingerprint density at radius 2 is 0.880 bits per heavy atom. The molecule has 5 heteroatoms. The van der Waals surface area contributed by atoms with Crippen molar-refractivity contribution in [1.29, 1.82) is 0 Å². The Balaban J connectivity index is 1.27. The maximum Gasteiger partial charge on any atom is 0.184 e. The molecule has 0 radical (unpaired) electrons. The Hall–Kier alpha value is -6.43. The maximum absolute atomic E-state index is 5.06. The SMILES string of the molecule is c1ccc(-c2nc(-c3ccccc3)nc(-c3ccc4c(c3)c3cccc5c3n4-c3ccccc3[Si]5(c3ccccc3)c3ccccc3)n2)cc1. The van der Waals surface area contributed by atoms with Gasteiger partial charge in [0.25, 0.3) is 0 Å². The van der Waals surface area contributed by atoms with Gasteiger partial charge in [-0.25, -0.2) is 15.0 Å². The Bertz CT molecular complexity index is 2590. The fourth-order valence-corrected chi connectivity index (χ4v) is 13.1. The van der Waals surface area contributed by atoms with Crippen LogP contribution in [0, 0.1) is 0 Å². The minimum absolute atomic E-state index is 0.657. The summed E-state index contributed by atoms with van der Waals surface area (Å²) in [7, 11) is -2.69. The molecule has 0 atom stereocenters. The molecule has 0 aliphatic carbocycles. The summed E-state index contributed by atoms with van der Waals surface area (Å²) in [6.45, 7) is 0. The van der Waals surface area contributed by atoms with Crippen molar-refractivity contribution in [3.63, 3.8) is 0 Å². The molecular formula is C45H30N4Si. The second-order valence-corrected chi connectivity index (χ2v) is 16.5. The molecule has 2 aromatic heterocycles. The molecule has 0 spiro atoms. The first kappa shape index (κ1) is 28.6. The summed E-state index contributed by atoms with van der Waals surface area (Å²) < 4.78 is 2.49. The van der Waals surface area contributed by atoms with Crippen molar-refractivity contribution in [3.05, 3.63) is 182 Å². The highest BCUT2D eigenvalue weighted by Crippen LogP contribution is 2.37. The number of fused-ring (bicyclic) bond motifs is 5. The average molecular weight is 655 g/mol. The first-order chi connectivity index (χ1) is 24.8. The third kappa shape index (κ3) is 4.20. The summed E-state index contributed by atoms with van der Waals surface area (Å²) in [6.07, 6.45) is 0. The van der Waals surface area contributed by atoms with Crippen LogP contribution in [0.15, 0.2) is 182 Å². The molecule has 7 aromatic carbocycles. The summed E-state index contributed by atoms with van der Waals surface area (Å²) in [5, 5.41) is 7.99. The van der Waals surface area contributed by atoms with Crippen LogP contribution in [0.25, 0.3) is 61.7 Å². The van der Waals surface area contributed by atoms with Crippen LogP contribution >= 0.6 is 0 Å². The zero-order chi connectivity index (χ0) is 33.1. The van der Waals surface area contributed by atoms with E-state index in [2.05, 4.69) is 150 Å². The Kier molecular flexibility index (Phi) is 6.47. The molecule has 0 unspecified atom stereocenters. The van der Waals surface area contributed by atoms with Crippen LogP contribution in [-0.2, 0) is 0 Å². The van der Waals surface area contributed by atoms with E-state index in [1.807, 2.05) is 36.4 Å². The van der Waals surface area contributed by atoms with E-state index in [-0.39, 0.29) is 0 Å². The molecule has 234 valence electrons. The Morgan fingerprint density at radius 1 is 0.380 bits per heavy atom. The number of benzene rings is 7. The number of rotatable bonds is 5. The van der Waals surface area contributed by atoms with E-state index in [0.29, 0.717) is 17.5 Å². The number of para-hydroxylation sites is 2. The van der Waals surface area contributed by atoms with Crippen molar-refractivity contribution in [1.82, 2.24) is 19.5 Å². The van der Waals surface area contributed by atoms with E-state index in [4.69, 9.17) is 15.0 Å². The molecule has 1 aliphatic heterocycles. The monoisotopic (exact) mass is 654 g/mol. The van der Waals surface area contributed by atoms with E-state index in [9.17, 15) is 0 Å². The van der Waals surface area contributed by atoms with Gasteiger partial charge in [-0.3, -0.25) is 0 Å². The normalized spacial score (nSPS) is 13.0. The molecule has 0 bridgehead atoms. The topological polar surface area (TPSA) is 43.6 Å². The standard InChI is InChI=1S/C45H30N4Si/c1-5-16-31(17-6-1)43-46-44(32-18-7-2-8-19-32)48-45(47-43)33-28-29-38-37(30-33)36-24-15-27-41-42(36)49(38)39-25-13-14-26-40(39)50(41,34-20-9-3-10-21-34)35-22-11-4-12-23-35/h1-30H. The van der Waals surface area contributed by atoms with Crippen LogP contribution in [0.4, 0.5) is 0 Å². The Labute approximate surface area is 291 Å². The van der Waals surface area contributed by atoms with Crippen LogP contribution in [-0.4, -0.2) is 27.6 Å². The zero-order valence-corrected chi connectivity index (χ0v) is 28.1. The lowest BCUT2D eigenvalue weighted by Crippen LogP contribution is -2.76. The molecule has 10 rings (SSSR count). The molecule has 3 heterocycles. The number of nitrogens with zero attached hydrogens (tertiary/aromatic N) is 4. The Morgan fingerprint density at radius 3 is 1.48 bits per heavy atom. The molecule has 0 N–H and O–H groups in total. The lowest BCUT2D eigenvalue weighted by molar-refractivity contribution is 1.07. The van der Waals surface area contributed by atoms with Crippen molar-refractivity contribution >= 4 is 50.6 Å².